The highest BCUT2D eigenvalue weighted by atomic mass is 16.5. The molecule has 0 amide bonds. The fourth-order valence-corrected chi connectivity index (χ4v) is 1.61. The van der Waals surface area contributed by atoms with Crippen LogP contribution >= 0.6 is 0 Å². The highest BCUT2D eigenvalue weighted by Crippen LogP contribution is 2.08. The van der Waals surface area contributed by atoms with E-state index in [1.54, 1.807) is 6.07 Å². The lowest BCUT2D eigenvalue weighted by Crippen LogP contribution is -2.23. The van der Waals surface area contributed by atoms with Crippen LogP contribution in [0.5, 0.6) is 0 Å². The molecule has 0 spiro atoms. The number of esters is 1. The van der Waals surface area contributed by atoms with Crippen molar-refractivity contribution in [3.63, 3.8) is 0 Å². The molecular weight excluding hydrogens is 226 g/mol. The van der Waals surface area contributed by atoms with E-state index in [0.717, 1.165) is 18.5 Å². The van der Waals surface area contributed by atoms with E-state index in [2.05, 4.69) is 19.2 Å². The molecule has 1 rings (SSSR count). The minimum atomic E-state index is -0.237. The zero-order valence-corrected chi connectivity index (χ0v) is 11.5. The molecule has 0 aromatic heterocycles. The number of carbonyl (C=O) groups is 1. The zero-order valence-electron chi connectivity index (χ0n) is 11.5. The van der Waals surface area contributed by atoms with Crippen LogP contribution in [0.25, 0.3) is 0 Å². The Bertz CT molecular complexity index is 375. The molecule has 3 heteroatoms. The van der Waals surface area contributed by atoms with Crippen molar-refractivity contribution in [2.75, 3.05) is 19.7 Å². The Morgan fingerprint density at radius 3 is 2.67 bits per heavy atom. The number of benzene rings is 1. The third-order valence-corrected chi connectivity index (χ3v) is 2.78. The Hall–Kier alpha value is -1.35. The van der Waals surface area contributed by atoms with Gasteiger partial charge in [0.15, 0.2) is 0 Å². The van der Waals surface area contributed by atoms with Crippen molar-refractivity contribution in [1.29, 1.82) is 0 Å². The maximum atomic E-state index is 11.8. The summed E-state index contributed by atoms with van der Waals surface area (Å²) in [4.78, 5) is 11.8. The van der Waals surface area contributed by atoms with Gasteiger partial charge in [-0.1, -0.05) is 32.0 Å². The maximum absolute atomic E-state index is 11.8. The fraction of sp³-hybridized carbons (Fsp3) is 0.533. The molecule has 18 heavy (non-hydrogen) atoms. The Morgan fingerprint density at radius 1 is 1.28 bits per heavy atom. The standard InChI is InChI=1S/C15H23NO2/c1-12(2)8-9-16-10-11-18-15(17)14-7-5-4-6-13(14)3/h4-7,12,16H,8-11H2,1-3H3. The molecule has 0 fully saturated rings. The van der Waals surface area contributed by atoms with Crippen LogP contribution in [-0.2, 0) is 4.74 Å². The molecule has 100 valence electrons. The van der Waals surface area contributed by atoms with Crippen molar-refractivity contribution < 1.29 is 9.53 Å². The van der Waals surface area contributed by atoms with Gasteiger partial charge in [-0.2, -0.15) is 0 Å². The first-order chi connectivity index (χ1) is 8.61. The van der Waals surface area contributed by atoms with Gasteiger partial charge in [0.1, 0.15) is 6.61 Å². The summed E-state index contributed by atoms with van der Waals surface area (Å²) in [5, 5.41) is 3.26. The van der Waals surface area contributed by atoms with Gasteiger partial charge in [-0.3, -0.25) is 0 Å². The summed E-state index contributed by atoms with van der Waals surface area (Å²) in [7, 11) is 0. The Labute approximate surface area is 110 Å². The van der Waals surface area contributed by atoms with Crippen molar-refractivity contribution in [3.8, 4) is 0 Å². The van der Waals surface area contributed by atoms with E-state index >= 15 is 0 Å². The monoisotopic (exact) mass is 249 g/mol. The summed E-state index contributed by atoms with van der Waals surface area (Å²) in [5.74, 6) is 0.464. The zero-order chi connectivity index (χ0) is 13.4. The highest BCUT2D eigenvalue weighted by Gasteiger charge is 2.08. The summed E-state index contributed by atoms with van der Waals surface area (Å²) in [5.41, 5.74) is 1.61. The number of carbonyl (C=O) groups excluding carboxylic acids is 1. The minimum Gasteiger partial charge on any atom is -0.461 e. The first kappa shape index (κ1) is 14.7. The van der Waals surface area contributed by atoms with Gasteiger partial charge in [0.25, 0.3) is 0 Å². The topological polar surface area (TPSA) is 38.3 Å². The second-order valence-electron chi connectivity index (χ2n) is 4.88. The van der Waals surface area contributed by atoms with Gasteiger partial charge in [-0.05, 0) is 37.4 Å². The molecule has 0 atom stereocenters. The Morgan fingerprint density at radius 2 is 2.00 bits per heavy atom. The fourth-order valence-electron chi connectivity index (χ4n) is 1.61. The number of ether oxygens (including phenoxy) is 1. The molecule has 0 unspecified atom stereocenters. The van der Waals surface area contributed by atoms with Crippen LogP contribution in [0.3, 0.4) is 0 Å². The van der Waals surface area contributed by atoms with Gasteiger partial charge >= 0.3 is 5.97 Å². The van der Waals surface area contributed by atoms with Crippen LogP contribution in [0.1, 0.15) is 36.2 Å². The summed E-state index contributed by atoms with van der Waals surface area (Å²) < 4.78 is 5.21. The van der Waals surface area contributed by atoms with Crippen LogP contribution in [0, 0.1) is 12.8 Å². The van der Waals surface area contributed by atoms with Gasteiger partial charge in [0.05, 0.1) is 5.56 Å². The summed E-state index contributed by atoms with van der Waals surface area (Å²) >= 11 is 0. The van der Waals surface area contributed by atoms with E-state index in [9.17, 15) is 4.79 Å². The quantitative estimate of drug-likeness (QED) is 0.596. The lowest BCUT2D eigenvalue weighted by Gasteiger charge is -2.09. The van der Waals surface area contributed by atoms with E-state index < -0.39 is 0 Å². The van der Waals surface area contributed by atoms with Gasteiger partial charge < -0.3 is 10.1 Å². The van der Waals surface area contributed by atoms with Crippen LogP contribution in [0.15, 0.2) is 24.3 Å². The number of rotatable bonds is 7. The Balaban J connectivity index is 2.20. The van der Waals surface area contributed by atoms with Crippen molar-refractivity contribution in [2.24, 2.45) is 5.92 Å². The molecule has 0 radical (unpaired) electrons. The van der Waals surface area contributed by atoms with Crippen LogP contribution in [0.2, 0.25) is 0 Å². The minimum absolute atomic E-state index is 0.237. The third-order valence-electron chi connectivity index (χ3n) is 2.78. The molecule has 1 aromatic rings. The van der Waals surface area contributed by atoms with E-state index in [0.29, 0.717) is 24.6 Å². The Kier molecular flexibility index (Phi) is 6.44. The first-order valence-electron chi connectivity index (χ1n) is 6.54. The smallest absolute Gasteiger partial charge is 0.338 e. The third kappa shape index (κ3) is 5.32. The van der Waals surface area contributed by atoms with E-state index in [1.807, 2.05) is 25.1 Å². The number of nitrogens with one attached hydrogen (secondary N) is 1. The average Bonchev–Trinajstić information content (AvgIpc) is 2.33. The SMILES string of the molecule is Cc1ccccc1C(=O)OCCNCCC(C)C. The van der Waals surface area contributed by atoms with Crippen molar-refractivity contribution in [3.05, 3.63) is 35.4 Å². The number of hydrogen-bond donors (Lipinski definition) is 1. The van der Waals surface area contributed by atoms with Crippen LogP contribution in [0.4, 0.5) is 0 Å². The van der Waals surface area contributed by atoms with Gasteiger partial charge in [0, 0.05) is 6.54 Å². The first-order valence-corrected chi connectivity index (χ1v) is 6.54. The molecule has 1 aromatic carbocycles. The largest absolute Gasteiger partial charge is 0.461 e. The predicted octanol–water partition coefficient (Wildman–Crippen LogP) is 2.79. The lowest BCUT2D eigenvalue weighted by atomic mass is 10.1. The van der Waals surface area contributed by atoms with Gasteiger partial charge in [-0.25, -0.2) is 4.79 Å². The molecule has 0 aliphatic carbocycles. The highest BCUT2D eigenvalue weighted by molar-refractivity contribution is 5.90. The van der Waals surface area contributed by atoms with Crippen molar-refractivity contribution in [1.82, 2.24) is 5.32 Å². The molecule has 1 N–H and O–H groups in total. The molecule has 0 aliphatic rings. The van der Waals surface area contributed by atoms with Crippen molar-refractivity contribution >= 4 is 5.97 Å². The maximum Gasteiger partial charge on any atom is 0.338 e. The van der Waals surface area contributed by atoms with Crippen LogP contribution < -0.4 is 5.32 Å². The molecular formula is C15H23NO2. The molecule has 0 saturated heterocycles. The molecule has 0 saturated carbocycles. The number of hydrogen-bond acceptors (Lipinski definition) is 3. The van der Waals surface area contributed by atoms with Crippen LogP contribution in [-0.4, -0.2) is 25.7 Å². The molecule has 0 aliphatic heterocycles. The number of aryl methyl sites for hydroxylation is 1. The molecule has 3 nitrogen and oxygen atoms in total. The van der Waals surface area contributed by atoms with E-state index in [-0.39, 0.29) is 5.97 Å². The predicted molar refractivity (Wildman–Crippen MR) is 73.8 cm³/mol. The summed E-state index contributed by atoms with van der Waals surface area (Å²) in [6.07, 6.45) is 1.14. The average molecular weight is 249 g/mol. The lowest BCUT2D eigenvalue weighted by molar-refractivity contribution is 0.0507. The van der Waals surface area contributed by atoms with E-state index in [1.165, 1.54) is 0 Å². The molecule has 0 bridgehead atoms. The second-order valence-corrected chi connectivity index (χ2v) is 4.88. The van der Waals surface area contributed by atoms with Crippen molar-refractivity contribution in [2.45, 2.75) is 27.2 Å². The van der Waals surface area contributed by atoms with Gasteiger partial charge in [-0.15, -0.1) is 0 Å². The molecule has 0 heterocycles. The summed E-state index contributed by atoms with van der Waals surface area (Å²) in [6, 6.07) is 7.48. The summed E-state index contributed by atoms with van der Waals surface area (Å²) in [6.45, 7) is 8.41. The van der Waals surface area contributed by atoms with E-state index in [4.69, 9.17) is 4.74 Å². The second kappa shape index (κ2) is 7.88. The normalized spacial score (nSPS) is 10.7. The van der Waals surface area contributed by atoms with Gasteiger partial charge in [0.2, 0.25) is 0 Å².